The van der Waals surface area contributed by atoms with Crippen molar-refractivity contribution in [2.75, 3.05) is 7.05 Å². The average Bonchev–Trinajstić information content (AvgIpc) is 2.60. The molecule has 0 saturated heterocycles. The summed E-state index contributed by atoms with van der Waals surface area (Å²) >= 11 is 0. The molecule has 0 spiro atoms. The first-order chi connectivity index (χ1) is 11.8. The van der Waals surface area contributed by atoms with Gasteiger partial charge in [0.1, 0.15) is 0 Å². The molecular weight excluding hydrogens is 463 g/mol. The first-order valence-electron chi connectivity index (χ1n) is 8.94. The molecule has 26 heavy (non-hydrogen) atoms. The molecule has 0 bridgehead atoms. The number of rotatable bonds is 6. The van der Waals surface area contributed by atoms with Gasteiger partial charge in [-0.2, -0.15) is 4.31 Å². The number of halogens is 1. The fourth-order valence-corrected chi connectivity index (χ4v) is 4.26. The molecule has 1 saturated carbocycles. The van der Waals surface area contributed by atoms with Gasteiger partial charge in [-0.25, -0.2) is 13.4 Å². The maximum absolute atomic E-state index is 12.4. The molecule has 3 N–H and O–H groups in total. The molecule has 1 fully saturated rings. The van der Waals surface area contributed by atoms with Gasteiger partial charge in [-0.1, -0.05) is 31.4 Å². The van der Waals surface area contributed by atoms with Crippen molar-refractivity contribution in [3.8, 4) is 0 Å². The molecule has 0 unspecified atom stereocenters. The number of nitrogens with one attached hydrogen (secondary N) is 1. The molecule has 0 amide bonds. The lowest BCUT2D eigenvalue weighted by Crippen LogP contribution is -2.41. The number of sulfonamides is 1. The summed E-state index contributed by atoms with van der Waals surface area (Å²) in [6.45, 7) is 4.14. The molecular formula is C18H31IN4O2S. The van der Waals surface area contributed by atoms with E-state index in [2.05, 4.69) is 10.3 Å². The zero-order chi connectivity index (χ0) is 18.4. The van der Waals surface area contributed by atoms with Crippen molar-refractivity contribution < 1.29 is 8.42 Å². The number of hydrogen-bond acceptors (Lipinski definition) is 3. The van der Waals surface area contributed by atoms with Crippen LogP contribution in [0.4, 0.5) is 0 Å². The summed E-state index contributed by atoms with van der Waals surface area (Å²) in [5, 5.41) is 3.28. The topological polar surface area (TPSA) is 87.8 Å². The number of nitrogens with zero attached hydrogens (tertiary/aromatic N) is 2. The van der Waals surface area contributed by atoms with E-state index in [1.807, 2.05) is 13.8 Å². The highest BCUT2D eigenvalue weighted by atomic mass is 127. The lowest BCUT2D eigenvalue weighted by molar-refractivity contribution is 0.410. The van der Waals surface area contributed by atoms with E-state index in [1.54, 1.807) is 31.3 Å². The highest BCUT2D eigenvalue weighted by Crippen LogP contribution is 2.18. The Balaban J connectivity index is 0.00000338. The minimum absolute atomic E-state index is 0. The minimum atomic E-state index is -3.44. The van der Waals surface area contributed by atoms with E-state index in [1.165, 1.54) is 23.6 Å². The smallest absolute Gasteiger partial charge is 0.243 e. The summed E-state index contributed by atoms with van der Waals surface area (Å²) < 4.78 is 26.2. The van der Waals surface area contributed by atoms with Crippen molar-refractivity contribution in [3.63, 3.8) is 0 Å². The Bertz CT molecular complexity index is 684. The lowest BCUT2D eigenvalue weighted by atomic mass is 9.96. The first-order valence-corrected chi connectivity index (χ1v) is 10.4. The van der Waals surface area contributed by atoms with Crippen LogP contribution in [0.3, 0.4) is 0 Å². The zero-order valence-corrected chi connectivity index (χ0v) is 19.0. The van der Waals surface area contributed by atoms with Crippen LogP contribution in [0.25, 0.3) is 0 Å². The third-order valence-corrected chi connectivity index (χ3v) is 6.76. The van der Waals surface area contributed by atoms with Crippen molar-refractivity contribution in [1.82, 2.24) is 9.62 Å². The molecule has 2 rings (SSSR count). The quantitative estimate of drug-likeness (QED) is 0.362. The predicted molar refractivity (Wildman–Crippen MR) is 117 cm³/mol. The molecule has 0 radical (unpaired) electrons. The number of aliphatic imine (C=N–C) groups is 1. The van der Waals surface area contributed by atoms with Crippen LogP contribution >= 0.6 is 24.0 Å². The Labute approximate surface area is 174 Å². The van der Waals surface area contributed by atoms with E-state index in [0.717, 1.165) is 18.4 Å². The lowest BCUT2D eigenvalue weighted by Gasteiger charge is -2.23. The Morgan fingerprint density at radius 3 is 2.35 bits per heavy atom. The summed E-state index contributed by atoms with van der Waals surface area (Å²) in [5.74, 6) is 0.461. The van der Waals surface area contributed by atoms with Crippen molar-refractivity contribution in [3.05, 3.63) is 29.8 Å². The van der Waals surface area contributed by atoms with Gasteiger partial charge in [-0.05, 0) is 44.4 Å². The van der Waals surface area contributed by atoms with Gasteiger partial charge in [0.15, 0.2) is 5.96 Å². The van der Waals surface area contributed by atoms with Crippen molar-refractivity contribution in [1.29, 1.82) is 0 Å². The summed E-state index contributed by atoms with van der Waals surface area (Å²) in [6.07, 6.45) is 6.08. The van der Waals surface area contributed by atoms with Gasteiger partial charge in [0, 0.05) is 19.1 Å². The maximum Gasteiger partial charge on any atom is 0.243 e. The standard InChI is InChI=1S/C18H30N4O2S.HI/c1-14(2)22(3)25(23,24)17-11-9-15(10-12-17)13-20-18(19)21-16-7-5-4-6-8-16;/h9-12,14,16H,4-8,13H2,1-3H3,(H3,19,20,21);1H. The van der Waals surface area contributed by atoms with Gasteiger partial charge < -0.3 is 11.1 Å². The predicted octanol–water partition coefficient (Wildman–Crippen LogP) is 3.07. The molecule has 0 aromatic heterocycles. The fourth-order valence-electron chi connectivity index (χ4n) is 2.89. The van der Waals surface area contributed by atoms with Gasteiger partial charge in [-0.15, -0.1) is 24.0 Å². The van der Waals surface area contributed by atoms with Crippen molar-refractivity contribution in [2.45, 2.75) is 69.5 Å². The Hall–Kier alpha value is -0.870. The average molecular weight is 494 g/mol. The van der Waals surface area contributed by atoms with Crippen LogP contribution in [0.1, 0.15) is 51.5 Å². The van der Waals surface area contributed by atoms with Crippen LogP contribution in [-0.4, -0.2) is 37.8 Å². The molecule has 0 aliphatic heterocycles. The fraction of sp³-hybridized carbons (Fsp3) is 0.611. The van der Waals surface area contributed by atoms with Crippen LogP contribution in [0.2, 0.25) is 0 Å². The van der Waals surface area contributed by atoms with Crippen LogP contribution in [0, 0.1) is 0 Å². The Kier molecular flexibility index (Phi) is 9.32. The van der Waals surface area contributed by atoms with Crippen LogP contribution in [0.15, 0.2) is 34.2 Å². The summed E-state index contributed by atoms with van der Waals surface area (Å²) in [4.78, 5) is 4.66. The van der Waals surface area contributed by atoms with Crippen LogP contribution < -0.4 is 11.1 Å². The maximum atomic E-state index is 12.4. The van der Waals surface area contributed by atoms with E-state index in [-0.39, 0.29) is 30.0 Å². The van der Waals surface area contributed by atoms with Crippen LogP contribution in [-0.2, 0) is 16.6 Å². The van der Waals surface area contributed by atoms with Gasteiger partial charge in [0.05, 0.1) is 11.4 Å². The molecule has 0 atom stereocenters. The Morgan fingerprint density at radius 1 is 1.23 bits per heavy atom. The number of nitrogens with two attached hydrogens (primary N) is 1. The molecule has 8 heteroatoms. The SMILES string of the molecule is CC(C)N(C)S(=O)(=O)c1ccc(CN=C(N)NC2CCCCC2)cc1.I. The van der Waals surface area contributed by atoms with E-state index in [9.17, 15) is 8.42 Å². The van der Waals surface area contributed by atoms with E-state index in [4.69, 9.17) is 5.73 Å². The molecule has 6 nitrogen and oxygen atoms in total. The largest absolute Gasteiger partial charge is 0.370 e. The number of guanidine groups is 1. The minimum Gasteiger partial charge on any atom is -0.370 e. The normalized spacial score (nSPS) is 16.6. The molecule has 0 heterocycles. The third-order valence-electron chi connectivity index (χ3n) is 4.72. The van der Waals surface area contributed by atoms with Gasteiger partial charge in [0.25, 0.3) is 0 Å². The van der Waals surface area contributed by atoms with Crippen molar-refractivity contribution >= 4 is 40.0 Å². The number of benzene rings is 1. The highest BCUT2D eigenvalue weighted by Gasteiger charge is 2.22. The second kappa shape index (κ2) is 10.5. The molecule has 1 aliphatic carbocycles. The summed E-state index contributed by atoms with van der Waals surface area (Å²) in [6, 6.07) is 7.18. The summed E-state index contributed by atoms with van der Waals surface area (Å²) in [7, 11) is -1.85. The summed E-state index contributed by atoms with van der Waals surface area (Å²) in [5.41, 5.74) is 6.89. The van der Waals surface area contributed by atoms with E-state index in [0.29, 0.717) is 23.4 Å². The van der Waals surface area contributed by atoms with Crippen molar-refractivity contribution in [2.24, 2.45) is 10.7 Å². The number of hydrogen-bond donors (Lipinski definition) is 2. The highest BCUT2D eigenvalue weighted by molar-refractivity contribution is 14.0. The van der Waals surface area contributed by atoms with E-state index >= 15 is 0 Å². The Morgan fingerprint density at radius 2 is 1.81 bits per heavy atom. The van der Waals surface area contributed by atoms with Gasteiger partial charge >= 0.3 is 0 Å². The van der Waals surface area contributed by atoms with Crippen LogP contribution in [0.5, 0.6) is 0 Å². The molecule has 1 aromatic rings. The first kappa shape index (κ1) is 23.2. The monoisotopic (exact) mass is 494 g/mol. The molecule has 1 aliphatic rings. The molecule has 148 valence electrons. The van der Waals surface area contributed by atoms with Gasteiger partial charge in [-0.3, -0.25) is 0 Å². The molecule has 1 aromatic carbocycles. The van der Waals surface area contributed by atoms with Gasteiger partial charge in [0.2, 0.25) is 10.0 Å². The second-order valence-electron chi connectivity index (χ2n) is 6.94. The third kappa shape index (κ3) is 6.38. The second-order valence-corrected chi connectivity index (χ2v) is 8.94. The zero-order valence-electron chi connectivity index (χ0n) is 15.8. The van der Waals surface area contributed by atoms with E-state index < -0.39 is 10.0 Å².